The van der Waals surface area contributed by atoms with Crippen molar-refractivity contribution < 1.29 is 17.6 Å². The molecule has 2 saturated heterocycles. The van der Waals surface area contributed by atoms with E-state index in [1.165, 1.54) is 0 Å². The Hall–Kier alpha value is -1.77. The number of fused-ring (bicyclic) bond motifs is 1. The second-order valence-corrected chi connectivity index (χ2v) is 11.5. The van der Waals surface area contributed by atoms with Crippen LogP contribution in [0.3, 0.4) is 0 Å². The molecule has 0 atom stereocenters. The summed E-state index contributed by atoms with van der Waals surface area (Å²) in [5, 5.41) is -0.400. The topological polar surface area (TPSA) is 83.7 Å². The van der Waals surface area contributed by atoms with Crippen LogP contribution in [0.25, 0.3) is 11.1 Å². The van der Waals surface area contributed by atoms with E-state index < -0.39 is 20.7 Å². The Labute approximate surface area is 172 Å². The van der Waals surface area contributed by atoms with E-state index >= 15 is 0 Å². The van der Waals surface area contributed by atoms with Gasteiger partial charge in [-0.25, -0.2) is 12.7 Å². The van der Waals surface area contributed by atoms with E-state index in [0.29, 0.717) is 32.7 Å². The lowest BCUT2D eigenvalue weighted by molar-refractivity contribution is -0.128. The molecule has 0 radical (unpaired) electrons. The van der Waals surface area contributed by atoms with Gasteiger partial charge in [0.25, 0.3) is 0 Å². The summed E-state index contributed by atoms with van der Waals surface area (Å²) in [5.41, 5.74) is 2.34. The minimum atomic E-state index is -3.32. The highest BCUT2D eigenvalue weighted by Crippen LogP contribution is 2.35. The molecular weight excluding hydrogens is 390 g/mol. The van der Waals surface area contributed by atoms with Crippen molar-refractivity contribution in [1.82, 2.24) is 14.2 Å². The van der Waals surface area contributed by atoms with E-state index in [4.69, 9.17) is 4.42 Å². The summed E-state index contributed by atoms with van der Waals surface area (Å²) < 4.78 is 33.2. The van der Waals surface area contributed by atoms with E-state index in [1.807, 2.05) is 37.8 Å². The number of sulfonamides is 1. The molecule has 2 aliphatic heterocycles. The lowest BCUT2D eigenvalue weighted by Gasteiger charge is -2.42. The Morgan fingerprint density at radius 3 is 2.59 bits per heavy atom. The lowest BCUT2D eigenvalue weighted by Crippen LogP contribution is -2.60. The van der Waals surface area contributed by atoms with Crippen molar-refractivity contribution >= 4 is 26.9 Å². The standard InChI is InChI=1S/C21H29N3O4S/c1-21(2,3)19(25)13-23-11-16(12-23)29(26,27)24-9-6-15(7-10-24)17-14-28-18-5-4-8-22-20(17)18/h4-5,8,14-16H,6-7,9-13H2,1-3H3. The first-order valence-electron chi connectivity index (χ1n) is 10.2. The van der Waals surface area contributed by atoms with E-state index in [9.17, 15) is 13.2 Å². The number of hydrogen-bond donors (Lipinski definition) is 0. The van der Waals surface area contributed by atoms with Crippen LogP contribution in [0, 0.1) is 5.41 Å². The van der Waals surface area contributed by atoms with Crippen LogP contribution >= 0.6 is 0 Å². The number of hydrogen-bond acceptors (Lipinski definition) is 6. The van der Waals surface area contributed by atoms with Crippen molar-refractivity contribution in [2.75, 3.05) is 32.7 Å². The molecule has 0 saturated carbocycles. The van der Waals surface area contributed by atoms with Crippen LogP contribution in [-0.4, -0.2) is 66.4 Å². The maximum atomic E-state index is 13.0. The van der Waals surface area contributed by atoms with E-state index in [1.54, 1.807) is 16.8 Å². The molecule has 2 aromatic heterocycles. The van der Waals surface area contributed by atoms with Gasteiger partial charge in [0.05, 0.1) is 12.8 Å². The summed E-state index contributed by atoms with van der Waals surface area (Å²) in [6, 6.07) is 3.75. The average molecular weight is 420 g/mol. The summed E-state index contributed by atoms with van der Waals surface area (Å²) in [7, 11) is -3.32. The van der Waals surface area contributed by atoms with Crippen LogP contribution in [0.15, 0.2) is 29.0 Å². The number of Topliss-reactive ketones (excluding diaryl/α,β-unsaturated/α-hetero) is 1. The summed E-state index contributed by atoms with van der Waals surface area (Å²) in [6.07, 6.45) is 5.06. The van der Waals surface area contributed by atoms with Gasteiger partial charge in [0, 0.05) is 43.4 Å². The number of piperidine rings is 1. The predicted molar refractivity (Wildman–Crippen MR) is 111 cm³/mol. The van der Waals surface area contributed by atoms with Crippen molar-refractivity contribution in [1.29, 1.82) is 0 Å². The van der Waals surface area contributed by atoms with Crippen LogP contribution in [0.5, 0.6) is 0 Å². The van der Waals surface area contributed by atoms with Crippen LogP contribution in [0.2, 0.25) is 0 Å². The first-order chi connectivity index (χ1) is 13.7. The zero-order chi connectivity index (χ0) is 20.8. The third-order valence-corrected chi connectivity index (χ3v) is 8.38. The van der Waals surface area contributed by atoms with Gasteiger partial charge in [-0.15, -0.1) is 0 Å². The molecule has 0 aliphatic carbocycles. The van der Waals surface area contributed by atoms with Gasteiger partial charge in [-0.2, -0.15) is 0 Å². The fourth-order valence-corrected chi connectivity index (χ4v) is 6.03. The molecule has 2 aliphatic rings. The third kappa shape index (κ3) is 3.98. The van der Waals surface area contributed by atoms with Gasteiger partial charge in [-0.05, 0) is 30.9 Å². The van der Waals surface area contributed by atoms with Crippen molar-refractivity contribution in [3.05, 3.63) is 30.2 Å². The first kappa shape index (κ1) is 20.5. The quantitative estimate of drug-likeness (QED) is 0.741. The number of furan rings is 1. The Bertz CT molecular complexity index is 994. The average Bonchev–Trinajstić information content (AvgIpc) is 3.07. The fraction of sp³-hybridized carbons (Fsp3) is 0.619. The molecule has 0 bridgehead atoms. The lowest BCUT2D eigenvalue weighted by atomic mass is 9.90. The van der Waals surface area contributed by atoms with E-state index in [-0.39, 0.29) is 11.7 Å². The van der Waals surface area contributed by atoms with E-state index in [2.05, 4.69) is 4.98 Å². The van der Waals surface area contributed by atoms with Gasteiger partial charge in [0.1, 0.15) is 10.8 Å². The molecule has 0 amide bonds. The van der Waals surface area contributed by atoms with Gasteiger partial charge in [0.2, 0.25) is 10.0 Å². The summed E-state index contributed by atoms with van der Waals surface area (Å²) in [5.74, 6) is 0.412. The second kappa shape index (κ2) is 7.49. The number of aromatic nitrogens is 1. The SMILES string of the molecule is CC(C)(C)C(=O)CN1CC(S(=O)(=O)N2CCC(c3coc4cccnc34)CC2)C1. The van der Waals surface area contributed by atoms with Crippen molar-refractivity contribution in [2.24, 2.45) is 5.41 Å². The highest BCUT2D eigenvalue weighted by molar-refractivity contribution is 7.89. The van der Waals surface area contributed by atoms with Gasteiger partial charge in [0.15, 0.2) is 11.4 Å². The summed E-state index contributed by atoms with van der Waals surface area (Å²) in [6.45, 7) is 7.94. The molecule has 29 heavy (non-hydrogen) atoms. The van der Waals surface area contributed by atoms with Crippen LogP contribution in [-0.2, 0) is 14.8 Å². The van der Waals surface area contributed by atoms with E-state index in [0.717, 1.165) is 29.5 Å². The number of pyridine rings is 1. The highest BCUT2D eigenvalue weighted by Gasteiger charge is 2.43. The van der Waals surface area contributed by atoms with Gasteiger partial charge < -0.3 is 4.42 Å². The number of carbonyl (C=O) groups is 1. The molecule has 4 rings (SSSR count). The normalized spacial score (nSPS) is 20.8. The Morgan fingerprint density at radius 1 is 1.24 bits per heavy atom. The monoisotopic (exact) mass is 419 g/mol. The molecular formula is C21H29N3O4S. The third-order valence-electron chi connectivity index (χ3n) is 6.16. The van der Waals surface area contributed by atoms with Crippen LogP contribution in [0.1, 0.15) is 45.1 Å². The Morgan fingerprint density at radius 2 is 1.93 bits per heavy atom. The fourth-order valence-electron chi connectivity index (χ4n) is 4.09. The predicted octanol–water partition coefficient (Wildman–Crippen LogP) is 2.64. The number of nitrogens with zero attached hydrogens (tertiary/aromatic N) is 3. The van der Waals surface area contributed by atoms with Crippen molar-refractivity contribution in [3.8, 4) is 0 Å². The zero-order valence-electron chi connectivity index (χ0n) is 17.3. The molecule has 0 N–H and O–H groups in total. The molecule has 7 nitrogen and oxygen atoms in total. The van der Waals surface area contributed by atoms with Gasteiger partial charge in [-0.1, -0.05) is 20.8 Å². The molecule has 0 spiro atoms. The number of likely N-dealkylation sites (tertiary alicyclic amines) is 1. The maximum absolute atomic E-state index is 13.0. The molecule has 2 fully saturated rings. The van der Waals surface area contributed by atoms with Crippen molar-refractivity contribution in [3.63, 3.8) is 0 Å². The Balaban J connectivity index is 1.33. The molecule has 2 aromatic rings. The minimum absolute atomic E-state index is 0.148. The molecule has 4 heterocycles. The first-order valence-corrected chi connectivity index (χ1v) is 11.7. The zero-order valence-corrected chi connectivity index (χ0v) is 18.1. The van der Waals surface area contributed by atoms with Crippen molar-refractivity contribution in [2.45, 2.75) is 44.8 Å². The summed E-state index contributed by atoms with van der Waals surface area (Å²) >= 11 is 0. The molecule has 0 unspecified atom stereocenters. The Kier molecular flexibility index (Phi) is 5.29. The van der Waals surface area contributed by atoms with Gasteiger partial charge in [-0.3, -0.25) is 14.7 Å². The minimum Gasteiger partial charge on any atom is -0.462 e. The van der Waals surface area contributed by atoms with Gasteiger partial charge >= 0.3 is 0 Å². The highest BCUT2D eigenvalue weighted by atomic mass is 32.2. The molecule has 158 valence electrons. The summed E-state index contributed by atoms with van der Waals surface area (Å²) in [4.78, 5) is 18.5. The smallest absolute Gasteiger partial charge is 0.219 e. The number of rotatable bonds is 5. The molecule has 8 heteroatoms. The number of ketones is 1. The van der Waals surface area contributed by atoms with Crippen LogP contribution in [0.4, 0.5) is 0 Å². The van der Waals surface area contributed by atoms with Crippen LogP contribution < -0.4 is 0 Å². The maximum Gasteiger partial charge on any atom is 0.219 e. The number of carbonyl (C=O) groups excluding carboxylic acids is 1. The second-order valence-electron chi connectivity index (χ2n) is 9.25. The largest absolute Gasteiger partial charge is 0.462 e. The molecule has 0 aromatic carbocycles.